The van der Waals surface area contributed by atoms with Crippen molar-refractivity contribution >= 4 is 10.0 Å². The topological polar surface area (TPSA) is 81.4 Å². The van der Waals surface area contributed by atoms with E-state index in [1.807, 2.05) is 27.7 Å². The molecule has 0 aromatic heterocycles. The van der Waals surface area contributed by atoms with Crippen LogP contribution in [-0.4, -0.2) is 14.0 Å². The Morgan fingerprint density at radius 2 is 1.72 bits per heavy atom. The van der Waals surface area contributed by atoms with E-state index in [4.69, 9.17) is 9.98 Å². The van der Waals surface area contributed by atoms with Crippen molar-refractivity contribution in [1.29, 1.82) is 0 Å². The molecule has 0 fully saturated rings. The molecule has 0 amide bonds. The SMILES string of the molecule is CC(NOC(C)(C)C)c1ccc(S(N)(=O)=O)cc1. The quantitative estimate of drug-likeness (QED) is 0.818. The van der Waals surface area contributed by atoms with Crippen LogP contribution in [0.2, 0.25) is 0 Å². The lowest BCUT2D eigenvalue weighted by Gasteiger charge is -2.23. The largest absolute Gasteiger partial charge is 0.296 e. The highest BCUT2D eigenvalue weighted by Gasteiger charge is 2.14. The molecule has 0 bridgehead atoms. The third-order valence-electron chi connectivity index (χ3n) is 2.25. The van der Waals surface area contributed by atoms with Gasteiger partial charge in [-0.25, -0.2) is 13.6 Å². The van der Waals surface area contributed by atoms with Crippen LogP contribution in [0.25, 0.3) is 0 Å². The van der Waals surface area contributed by atoms with E-state index in [0.717, 1.165) is 5.56 Å². The summed E-state index contributed by atoms with van der Waals surface area (Å²) in [6.07, 6.45) is 0. The molecular weight excluding hydrogens is 252 g/mol. The highest BCUT2D eigenvalue weighted by Crippen LogP contribution is 2.16. The minimum atomic E-state index is -3.63. The third kappa shape index (κ3) is 4.73. The van der Waals surface area contributed by atoms with Gasteiger partial charge in [0.25, 0.3) is 0 Å². The van der Waals surface area contributed by atoms with E-state index in [2.05, 4.69) is 5.48 Å². The van der Waals surface area contributed by atoms with Crippen molar-refractivity contribution in [3.8, 4) is 0 Å². The minimum Gasteiger partial charge on any atom is -0.296 e. The van der Waals surface area contributed by atoms with Gasteiger partial charge in [-0.15, -0.1) is 0 Å². The van der Waals surface area contributed by atoms with Gasteiger partial charge in [-0.3, -0.25) is 4.84 Å². The standard InChI is InChI=1S/C12H20N2O3S/c1-9(14-17-12(2,3)4)10-5-7-11(8-6-10)18(13,15)16/h5-9,14H,1-4H3,(H2,13,15,16). The van der Waals surface area contributed by atoms with Crippen molar-refractivity contribution in [1.82, 2.24) is 5.48 Å². The molecule has 0 spiro atoms. The summed E-state index contributed by atoms with van der Waals surface area (Å²) in [5.41, 5.74) is 3.56. The van der Waals surface area contributed by atoms with E-state index in [1.165, 1.54) is 12.1 Å². The zero-order valence-electron chi connectivity index (χ0n) is 11.1. The van der Waals surface area contributed by atoms with Gasteiger partial charge in [0, 0.05) is 0 Å². The van der Waals surface area contributed by atoms with Crippen LogP contribution in [0.3, 0.4) is 0 Å². The van der Waals surface area contributed by atoms with Gasteiger partial charge in [0.15, 0.2) is 0 Å². The van der Waals surface area contributed by atoms with E-state index in [9.17, 15) is 8.42 Å². The summed E-state index contributed by atoms with van der Waals surface area (Å²) in [6, 6.07) is 6.35. The minimum absolute atomic E-state index is 0.0428. The molecule has 5 nitrogen and oxygen atoms in total. The summed E-state index contributed by atoms with van der Waals surface area (Å²) < 4.78 is 22.2. The number of sulfonamides is 1. The van der Waals surface area contributed by atoms with Crippen molar-refractivity contribution < 1.29 is 13.3 Å². The smallest absolute Gasteiger partial charge is 0.238 e. The van der Waals surface area contributed by atoms with Crippen molar-refractivity contribution in [2.45, 2.75) is 44.2 Å². The average Bonchev–Trinajstić information content (AvgIpc) is 2.24. The molecule has 1 atom stereocenters. The maximum absolute atomic E-state index is 11.1. The van der Waals surface area contributed by atoms with Gasteiger partial charge in [0.1, 0.15) is 0 Å². The predicted octanol–water partition coefficient (Wildman–Crippen LogP) is 1.71. The molecule has 3 N–H and O–H groups in total. The van der Waals surface area contributed by atoms with Crippen LogP contribution in [0.4, 0.5) is 0 Å². The predicted molar refractivity (Wildman–Crippen MR) is 70.2 cm³/mol. The van der Waals surface area contributed by atoms with Gasteiger partial charge in [0.05, 0.1) is 16.5 Å². The van der Waals surface area contributed by atoms with E-state index < -0.39 is 10.0 Å². The fourth-order valence-corrected chi connectivity index (χ4v) is 1.79. The Morgan fingerprint density at radius 3 is 2.11 bits per heavy atom. The molecule has 102 valence electrons. The maximum Gasteiger partial charge on any atom is 0.238 e. The highest BCUT2D eigenvalue weighted by molar-refractivity contribution is 7.89. The molecule has 0 aliphatic rings. The summed E-state index contributed by atoms with van der Waals surface area (Å²) >= 11 is 0. The number of primary sulfonamides is 1. The lowest BCUT2D eigenvalue weighted by Crippen LogP contribution is -2.31. The van der Waals surface area contributed by atoms with E-state index in [-0.39, 0.29) is 16.5 Å². The molecule has 1 aromatic rings. The van der Waals surface area contributed by atoms with Gasteiger partial charge < -0.3 is 0 Å². The zero-order valence-corrected chi connectivity index (χ0v) is 11.9. The third-order valence-corrected chi connectivity index (χ3v) is 3.18. The Hall–Kier alpha value is -0.950. The fraction of sp³-hybridized carbons (Fsp3) is 0.500. The first-order valence-electron chi connectivity index (χ1n) is 5.66. The van der Waals surface area contributed by atoms with E-state index in [0.29, 0.717) is 0 Å². The van der Waals surface area contributed by atoms with Crippen LogP contribution in [0.15, 0.2) is 29.2 Å². The van der Waals surface area contributed by atoms with Gasteiger partial charge >= 0.3 is 0 Å². The summed E-state index contributed by atoms with van der Waals surface area (Å²) in [5.74, 6) is 0. The molecule has 1 rings (SSSR count). The van der Waals surface area contributed by atoms with Gasteiger partial charge in [-0.1, -0.05) is 12.1 Å². The highest BCUT2D eigenvalue weighted by atomic mass is 32.2. The lowest BCUT2D eigenvalue weighted by molar-refractivity contribution is -0.0866. The molecule has 0 radical (unpaired) electrons. The number of hydrogen-bond acceptors (Lipinski definition) is 4. The van der Waals surface area contributed by atoms with Gasteiger partial charge in [-0.2, -0.15) is 5.48 Å². The van der Waals surface area contributed by atoms with Crippen LogP contribution in [0.5, 0.6) is 0 Å². The number of nitrogens with one attached hydrogen (secondary N) is 1. The molecule has 6 heteroatoms. The molecule has 1 aromatic carbocycles. The maximum atomic E-state index is 11.1. The first-order valence-corrected chi connectivity index (χ1v) is 7.20. The molecule has 0 saturated carbocycles. The van der Waals surface area contributed by atoms with Crippen molar-refractivity contribution in [2.75, 3.05) is 0 Å². The number of nitrogens with two attached hydrogens (primary N) is 1. The monoisotopic (exact) mass is 272 g/mol. The van der Waals surface area contributed by atoms with E-state index in [1.54, 1.807) is 12.1 Å². The summed E-state index contributed by atoms with van der Waals surface area (Å²) in [4.78, 5) is 5.56. The summed E-state index contributed by atoms with van der Waals surface area (Å²) in [7, 11) is -3.63. The first-order chi connectivity index (χ1) is 8.09. The van der Waals surface area contributed by atoms with Crippen LogP contribution in [0, 0.1) is 0 Å². The Bertz CT molecular complexity index is 489. The normalized spacial score (nSPS) is 14.5. The second-order valence-electron chi connectivity index (χ2n) is 5.17. The zero-order chi connectivity index (χ0) is 14.0. The Balaban J connectivity index is 2.74. The van der Waals surface area contributed by atoms with Crippen LogP contribution in [0.1, 0.15) is 39.3 Å². The first kappa shape index (κ1) is 15.1. The van der Waals surface area contributed by atoms with Crippen LogP contribution in [-0.2, 0) is 14.9 Å². The molecule has 0 heterocycles. The molecule has 1 unspecified atom stereocenters. The lowest BCUT2D eigenvalue weighted by atomic mass is 10.1. The van der Waals surface area contributed by atoms with Gasteiger partial charge in [-0.05, 0) is 45.4 Å². The number of benzene rings is 1. The number of hydrogen-bond donors (Lipinski definition) is 2. The number of rotatable bonds is 4. The molecular formula is C12H20N2O3S. The second kappa shape index (κ2) is 5.36. The molecule has 0 aliphatic carbocycles. The molecule has 0 aliphatic heterocycles. The van der Waals surface area contributed by atoms with Crippen molar-refractivity contribution in [2.24, 2.45) is 5.14 Å². The second-order valence-corrected chi connectivity index (χ2v) is 6.73. The average molecular weight is 272 g/mol. The summed E-state index contributed by atoms with van der Waals surface area (Å²) in [6.45, 7) is 7.75. The van der Waals surface area contributed by atoms with E-state index >= 15 is 0 Å². The van der Waals surface area contributed by atoms with Crippen molar-refractivity contribution in [3.05, 3.63) is 29.8 Å². The van der Waals surface area contributed by atoms with Crippen LogP contribution >= 0.6 is 0 Å². The molecule has 0 saturated heterocycles. The Labute approximate surface area is 108 Å². The fourth-order valence-electron chi connectivity index (χ4n) is 1.28. The number of hydroxylamine groups is 1. The Morgan fingerprint density at radius 1 is 1.22 bits per heavy atom. The van der Waals surface area contributed by atoms with Crippen LogP contribution < -0.4 is 10.6 Å². The summed E-state index contributed by atoms with van der Waals surface area (Å²) in [5, 5.41) is 5.03. The Kier molecular flexibility index (Phi) is 4.50. The van der Waals surface area contributed by atoms with Gasteiger partial charge in [0.2, 0.25) is 10.0 Å². The van der Waals surface area contributed by atoms with Crippen molar-refractivity contribution in [3.63, 3.8) is 0 Å². The molecule has 18 heavy (non-hydrogen) atoms.